The maximum atomic E-state index is 10.3. The molecule has 1 aromatic heterocycles. The van der Waals surface area contributed by atoms with Crippen LogP contribution in [-0.2, 0) is 4.79 Å². The molecule has 0 unspecified atom stereocenters. The lowest BCUT2D eigenvalue weighted by Crippen LogP contribution is -2.07. The molecule has 0 saturated carbocycles. The van der Waals surface area contributed by atoms with E-state index >= 15 is 0 Å². The fourth-order valence-electron chi connectivity index (χ4n) is 0.693. The van der Waals surface area contributed by atoms with E-state index in [9.17, 15) is 4.79 Å². The molecule has 1 amide bonds. The Balaban J connectivity index is 2.52. The molecule has 0 radical (unpaired) electrons. The van der Waals surface area contributed by atoms with Gasteiger partial charge in [-0.05, 0) is 6.08 Å². The van der Waals surface area contributed by atoms with Crippen molar-refractivity contribution < 1.29 is 4.79 Å². The van der Waals surface area contributed by atoms with Gasteiger partial charge in [-0.25, -0.2) is 0 Å². The van der Waals surface area contributed by atoms with Crippen molar-refractivity contribution in [3.63, 3.8) is 0 Å². The fraction of sp³-hybridized carbons (Fsp3) is 0.125. The lowest BCUT2D eigenvalue weighted by atomic mass is 10.3. The number of primary amides is 1. The third-order valence-electron chi connectivity index (χ3n) is 1.19. The smallest absolute Gasteiger partial charge is 0.221 e. The molecule has 1 heterocycles. The minimum atomic E-state index is -0.352. The number of aromatic nitrogens is 2. The summed E-state index contributed by atoms with van der Waals surface area (Å²) in [5, 5.41) is 0. The van der Waals surface area contributed by atoms with Crippen LogP contribution in [0.15, 0.2) is 24.7 Å². The van der Waals surface area contributed by atoms with E-state index in [0.717, 1.165) is 5.69 Å². The molecule has 62 valence electrons. The van der Waals surface area contributed by atoms with E-state index in [1.165, 1.54) is 0 Å². The summed E-state index contributed by atoms with van der Waals surface area (Å²) in [6.45, 7) is 0. The first-order valence-corrected chi connectivity index (χ1v) is 3.50. The number of amides is 1. The average molecular weight is 163 g/mol. The molecule has 0 atom stereocenters. The van der Waals surface area contributed by atoms with Gasteiger partial charge in [0, 0.05) is 18.8 Å². The van der Waals surface area contributed by atoms with Crippen LogP contribution in [0.4, 0.5) is 0 Å². The average Bonchev–Trinajstić information content (AvgIpc) is 2.05. The van der Waals surface area contributed by atoms with Crippen molar-refractivity contribution in [1.82, 2.24) is 9.97 Å². The van der Waals surface area contributed by atoms with Crippen molar-refractivity contribution in [3.05, 3.63) is 30.4 Å². The molecule has 4 nitrogen and oxygen atoms in total. The summed E-state index contributed by atoms with van der Waals surface area (Å²) < 4.78 is 0. The number of nitrogens with two attached hydrogens (primary N) is 1. The SMILES string of the molecule is NC(=O)CC=Cc1cnccn1. The second-order valence-corrected chi connectivity index (χ2v) is 2.20. The molecule has 4 heteroatoms. The number of carbonyl (C=O) groups excluding carboxylic acids is 1. The quantitative estimate of drug-likeness (QED) is 0.699. The summed E-state index contributed by atoms with van der Waals surface area (Å²) in [6, 6.07) is 0. The van der Waals surface area contributed by atoms with E-state index in [4.69, 9.17) is 5.73 Å². The lowest BCUT2D eigenvalue weighted by Gasteiger charge is -1.88. The van der Waals surface area contributed by atoms with Crippen LogP contribution in [0.2, 0.25) is 0 Å². The minimum Gasteiger partial charge on any atom is -0.369 e. The summed E-state index contributed by atoms with van der Waals surface area (Å²) in [6.07, 6.45) is 8.38. The summed E-state index contributed by atoms with van der Waals surface area (Å²) in [5.74, 6) is -0.352. The highest BCUT2D eigenvalue weighted by atomic mass is 16.1. The Labute approximate surface area is 70.1 Å². The van der Waals surface area contributed by atoms with Gasteiger partial charge in [-0.2, -0.15) is 0 Å². The molecule has 1 rings (SSSR count). The molecule has 2 N–H and O–H groups in total. The normalized spacial score (nSPS) is 10.3. The van der Waals surface area contributed by atoms with Gasteiger partial charge in [0.25, 0.3) is 0 Å². The van der Waals surface area contributed by atoms with Crippen molar-refractivity contribution in [2.45, 2.75) is 6.42 Å². The van der Waals surface area contributed by atoms with Gasteiger partial charge >= 0.3 is 0 Å². The van der Waals surface area contributed by atoms with Crippen LogP contribution in [0, 0.1) is 0 Å². The zero-order valence-electron chi connectivity index (χ0n) is 6.47. The Morgan fingerprint density at radius 3 is 3.00 bits per heavy atom. The molecule has 12 heavy (non-hydrogen) atoms. The molecule has 0 aliphatic rings. The molecular weight excluding hydrogens is 154 g/mol. The monoisotopic (exact) mass is 163 g/mol. The number of hydrogen-bond donors (Lipinski definition) is 1. The van der Waals surface area contributed by atoms with E-state index in [0.29, 0.717) is 0 Å². The molecular formula is C8H9N3O. The predicted octanol–water partition coefficient (Wildman–Crippen LogP) is 0.365. The van der Waals surface area contributed by atoms with E-state index in [1.54, 1.807) is 30.7 Å². The van der Waals surface area contributed by atoms with Crippen molar-refractivity contribution in [2.75, 3.05) is 0 Å². The van der Waals surface area contributed by atoms with Crippen molar-refractivity contribution in [2.24, 2.45) is 5.73 Å². The standard InChI is InChI=1S/C8H9N3O/c9-8(12)3-1-2-7-6-10-4-5-11-7/h1-2,4-6H,3H2,(H2,9,12). The predicted molar refractivity (Wildman–Crippen MR) is 44.9 cm³/mol. The Morgan fingerprint density at radius 1 is 1.58 bits per heavy atom. The van der Waals surface area contributed by atoms with Crippen LogP contribution in [0.5, 0.6) is 0 Å². The Kier molecular flexibility index (Phi) is 2.95. The first kappa shape index (κ1) is 8.39. The lowest BCUT2D eigenvalue weighted by molar-refractivity contribution is -0.117. The van der Waals surface area contributed by atoms with Crippen LogP contribution >= 0.6 is 0 Å². The van der Waals surface area contributed by atoms with Gasteiger partial charge in [0.05, 0.1) is 11.9 Å². The number of rotatable bonds is 3. The summed E-state index contributed by atoms with van der Waals surface area (Å²) in [5.41, 5.74) is 5.65. The third kappa shape index (κ3) is 2.92. The van der Waals surface area contributed by atoms with Gasteiger partial charge in [-0.3, -0.25) is 14.8 Å². The van der Waals surface area contributed by atoms with E-state index in [-0.39, 0.29) is 12.3 Å². The van der Waals surface area contributed by atoms with Gasteiger partial charge in [-0.1, -0.05) is 6.08 Å². The molecule has 0 aliphatic heterocycles. The fourth-order valence-corrected chi connectivity index (χ4v) is 0.693. The van der Waals surface area contributed by atoms with E-state index < -0.39 is 0 Å². The topological polar surface area (TPSA) is 68.9 Å². The Bertz CT molecular complexity index is 282. The first-order chi connectivity index (χ1) is 5.79. The number of carbonyl (C=O) groups is 1. The first-order valence-electron chi connectivity index (χ1n) is 3.50. The Morgan fingerprint density at radius 2 is 2.42 bits per heavy atom. The van der Waals surface area contributed by atoms with Crippen LogP contribution in [0.3, 0.4) is 0 Å². The maximum Gasteiger partial charge on any atom is 0.221 e. The van der Waals surface area contributed by atoms with Gasteiger partial charge < -0.3 is 5.73 Å². The van der Waals surface area contributed by atoms with Crippen LogP contribution < -0.4 is 5.73 Å². The van der Waals surface area contributed by atoms with Crippen molar-refractivity contribution in [3.8, 4) is 0 Å². The Hall–Kier alpha value is -1.71. The van der Waals surface area contributed by atoms with Crippen LogP contribution in [-0.4, -0.2) is 15.9 Å². The maximum absolute atomic E-state index is 10.3. The largest absolute Gasteiger partial charge is 0.369 e. The molecule has 0 aliphatic carbocycles. The molecule has 1 aromatic rings. The minimum absolute atomic E-state index is 0.233. The summed E-state index contributed by atoms with van der Waals surface area (Å²) in [4.78, 5) is 18.2. The number of hydrogen-bond acceptors (Lipinski definition) is 3. The number of nitrogens with zero attached hydrogens (tertiary/aromatic N) is 2. The highest BCUT2D eigenvalue weighted by Crippen LogP contribution is 1.94. The molecule has 0 aromatic carbocycles. The van der Waals surface area contributed by atoms with Gasteiger partial charge in [-0.15, -0.1) is 0 Å². The third-order valence-corrected chi connectivity index (χ3v) is 1.19. The molecule has 0 saturated heterocycles. The van der Waals surface area contributed by atoms with Gasteiger partial charge in [0.2, 0.25) is 5.91 Å². The zero-order chi connectivity index (χ0) is 8.81. The summed E-state index contributed by atoms with van der Waals surface area (Å²) in [7, 11) is 0. The highest BCUT2D eigenvalue weighted by molar-refractivity contribution is 5.76. The van der Waals surface area contributed by atoms with Crippen molar-refractivity contribution in [1.29, 1.82) is 0 Å². The van der Waals surface area contributed by atoms with Crippen LogP contribution in [0.1, 0.15) is 12.1 Å². The zero-order valence-corrected chi connectivity index (χ0v) is 6.47. The van der Waals surface area contributed by atoms with E-state index in [1.807, 2.05) is 0 Å². The molecule has 0 bridgehead atoms. The summed E-state index contributed by atoms with van der Waals surface area (Å²) >= 11 is 0. The van der Waals surface area contributed by atoms with Crippen molar-refractivity contribution >= 4 is 12.0 Å². The second-order valence-electron chi connectivity index (χ2n) is 2.20. The van der Waals surface area contributed by atoms with E-state index in [2.05, 4.69) is 9.97 Å². The second kappa shape index (κ2) is 4.23. The van der Waals surface area contributed by atoms with Crippen LogP contribution in [0.25, 0.3) is 6.08 Å². The molecule has 0 spiro atoms. The van der Waals surface area contributed by atoms with Gasteiger partial charge in [0.15, 0.2) is 0 Å². The molecule has 0 fully saturated rings. The van der Waals surface area contributed by atoms with Gasteiger partial charge in [0.1, 0.15) is 0 Å². The highest BCUT2D eigenvalue weighted by Gasteiger charge is 1.88.